The zero-order valence-corrected chi connectivity index (χ0v) is 13.3. The van der Waals surface area contributed by atoms with Gasteiger partial charge in [-0.25, -0.2) is 0 Å². The van der Waals surface area contributed by atoms with Crippen molar-refractivity contribution in [2.24, 2.45) is 16.3 Å². The molecule has 0 aliphatic carbocycles. The summed E-state index contributed by atoms with van der Waals surface area (Å²) in [6, 6.07) is 3.79. The zero-order valence-electron chi connectivity index (χ0n) is 12.5. The first kappa shape index (κ1) is 16.6. The van der Waals surface area contributed by atoms with Gasteiger partial charge in [0.2, 0.25) is 0 Å². The molecule has 3 N–H and O–H groups in total. The molecule has 0 bridgehead atoms. The first-order valence-corrected chi connectivity index (χ1v) is 7.03. The summed E-state index contributed by atoms with van der Waals surface area (Å²) in [7, 11) is 0. The molecule has 0 radical (unpaired) electrons. The third-order valence-corrected chi connectivity index (χ3v) is 3.64. The molecule has 20 heavy (non-hydrogen) atoms. The molecule has 0 fully saturated rings. The molecule has 0 amide bonds. The summed E-state index contributed by atoms with van der Waals surface area (Å²) in [6.07, 6.45) is 1.61. The predicted molar refractivity (Wildman–Crippen MR) is 82.8 cm³/mol. The van der Waals surface area contributed by atoms with Crippen LogP contribution in [0.15, 0.2) is 17.3 Å². The SMILES string of the molecule is Cc1cc(Cl)cc(C)c1OCCCC(C)(C)C(N)=NO. The Morgan fingerprint density at radius 3 is 2.40 bits per heavy atom. The van der Waals surface area contributed by atoms with Gasteiger partial charge >= 0.3 is 0 Å². The van der Waals surface area contributed by atoms with E-state index < -0.39 is 0 Å². The van der Waals surface area contributed by atoms with E-state index in [1.54, 1.807) is 0 Å². The van der Waals surface area contributed by atoms with Crippen LogP contribution in [0.4, 0.5) is 0 Å². The summed E-state index contributed by atoms with van der Waals surface area (Å²) in [6.45, 7) is 8.44. The Morgan fingerprint density at radius 1 is 1.35 bits per heavy atom. The molecule has 0 heterocycles. The monoisotopic (exact) mass is 298 g/mol. The third kappa shape index (κ3) is 4.30. The Balaban J connectivity index is 2.54. The van der Waals surface area contributed by atoms with Crippen molar-refractivity contribution < 1.29 is 9.94 Å². The fourth-order valence-corrected chi connectivity index (χ4v) is 2.40. The number of aryl methyl sites for hydroxylation is 2. The molecule has 0 saturated carbocycles. The van der Waals surface area contributed by atoms with Crippen LogP contribution in [0.3, 0.4) is 0 Å². The lowest BCUT2D eigenvalue weighted by Gasteiger charge is -2.22. The highest BCUT2D eigenvalue weighted by Crippen LogP contribution is 2.28. The summed E-state index contributed by atoms with van der Waals surface area (Å²) >= 11 is 5.99. The van der Waals surface area contributed by atoms with Gasteiger partial charge < -0.3 is 15.7 Å². The van der Waals surface area contributed by atoms with E-state index in [0.29, 0.717) is 6.61 Å². The molecule has 0 spiro atoms. The molecule has 1 aromatic carbocycles. The fourth-order valence-electron chi connectivity index (χ4n) is 2.08. The topological polar surface area (TPSA) is 67.8 Å². The molecular formula is C15H23ClN2O2. The average Bonchev–Trinajstić information content (AvgIpc) is 2.35. The molecule has 5 heteroatoms. The fraction of sp³-hybridized carbons (Fsp3) is 0.533. The number of rotatable bonds is 6. The summed E-state index contributed by atoms with van der Waals surface area (Å²) in [5.41, 5.74) is 7.39. The highest BCUT2D eigenvalue weighted by molar-refractivity contribution is 6.30. The van der Waals surface area contributed by atoms with Gasteiger partial charge in [0.05, 0.1) is 6.61 Å². The van der Waals surface area contributed by atoms with Crippen LogP contribution < -0.4 is 10.5 Å². The predicted octanol–water partition coefficient (Wildman–Crippen LogP) is 3.89. The number of nitrogens with zero attached hydrogens (tertiary/aromatic N) is 1. The van der Waals surface area contributed by atoms with Crippen LogP contribution in [0.5, 0.6) is 5.75 Å². The lowest BCUT2D eigenvalue weighted by molar-refractivity contribution is 0.275. The minimum absolute atomic E-state index is 0.247. The molecule has 1 aromatic rings. The highest BCUT2D eigenvalue weighted by Gasteiger charge is 2.23. The standard InChI is InChI=1S/C15H23ClN2O2/c1-10-8-12(16)9-11(2)13(10)20-7-5-6-15(3,4)14(17)18-19/h8-9,19H,5-7H2,1-4H3,(H2,17,18). The molecule has 0 aliphatic heterocycles. The Morgan fingerprint density at radius 2 is 1.90 bits per heavy atom. The van der Waals surface area contributed by atoms with Crippen molar-refractivity contribution in [3.05, 3.63) is 28.3 Å². The first-order valence-electron chi connectivity index (χ1n) is 6.65. The number of hydrogen-bond donors (Lipinski definition) is 2. The van der Waals surface area contributed by atoms with Crippen LogP contribution in [0.25, 0.3) is 0 Å². The van der Waals surface area contributed by atoms with Gasteiger partial charge in [0, 0.05) is 10.4 Å². The second-order valence-corrected chi connectivity index (χ2v) is 6.13. The molecule has 0 unspecified atom stereocenters. The number of ether oxygens (including phenoxy) is 1. The Bertz CT molecular complexity index is 476. The van der Waals surface area contributed by atoms with E-state index in [-0.39, 0.29) is 11.3 Å². The highest BCUT2D eigenvalue weighted by atomic mass is 35.5. The van der Waals surface area contributed by atoms with Crippen molar-refractivity contribution in [1.29, 1.82) is 0 Å². The van der Waals surface area contributed by atoms with Gasteiger partial charge in [0.1, 0.15) is 11.6 Å². The first-order chi connectivity index (χ1) is 9.27. The maximum Gasteiger partial charge on any atom is 0.144 e. The molecule has 0 aromatic heterocycles. The molecule has 112 valence electrons. The summed E-state index contributed by atoms with van der Waals surface area (Å²) < 4.78 is 5.83. The molecule has 1 rings (SSSR count). The van der Waals surface area contributed by atoms with Crippen LogP contribution in [0, 0.1) is 19.3 Å². The van der Waals surface area contributed by atoms with Crippen LogP contribution in [-0.2, 0) is 0 Å². The van der Waals surface area contributed by atoms with Gasteiger partial charge in [0.25, 0.3) is 0 Å². The minimum atomic E-state index is -0.331. The number of benzene rings is 1. The Hall–Kier alpha value is -1.42. The quantitative estimate of drug-likeness (QED) is 0.275. The molecule has 0 atom stereocenters. The Labute approximate surface area is 125 Å². The van der Waals surface area contributed by atoms with Gasteiger partial charge in [-0.3, -0.25) is 0 Å². The van der Waals surface area contributed by atoms with Gasteiger partial charge in [-0.15, -0.1) is 0 Å². The zero-order chi connectivity index (χ0) is 15.3. The molecule has 4 nitrogen and oxygen atoms in total. The van der Waals surface area contributed by atoms with E-state index in [9.17, 15) is 0 Å². The lowest BCUT2D eigenvalue weighted by atomic mass is 9.87. The van der Waals surface area contributed by atoms with Crippen LogP contribution in [0.2, 0.25) is 5.02 Å². The van der Waals surface area contributed by atoms with Gasteiger partial charge in [-0.05, 0) is 49.9 Å². The van der Waals surface area contributed by atoms with E-state index in [2.05, 4.69) is 5.16 Å². The van der Waals surface area contributed by atoms with Gasteiger partial charge in [0.15, 0.2) is 0 Å². The Kier molecular flexibility index (Phi) is 5.69. The second kappa shape index (κ2) is 6.84. The summed E-state index contributed by atoms with van der Waals surface area (Å²) in [5, 5.41) is 12.5. The molecule has 0 saturated heterocycles. The lowest BCUT2D eigenvalue weighted by Crippen LogP contribution is -2.32. The van der Waals surface area contributed by atoms with Crippen LogP contribution >= 0.6 is 11.6 Å². The van der Waals surface area contributed by atoms with Crippen molar-refractivity contribution in [3.63, 3.8) is 0 Å². The number of halogens is 1. The van der Waals surface area contributed by atoms with Crippen molar-refractivity contribution in [2.75, 3.05) is 6.61 Å². The third-order valence-electron chi connectivity index (χ3n) is 3.42. The smallest absolute Gasteiger partial charge is 0.144 e. The van der Waals surface area contributed by atoms with Gasteiger partial charge in [-0.1, -0.05) is 30.6 Å². The summed E-state index contributed by atoms with van der Waals surface area (Å²) in [4.78, 5) is 0. The maximum atomic E-state index is 8.72. The summed E-state index contributed by atoms with van der Waals surface area (Å²) in [5.74, 6) is 1.13. The van der Waals surface area contributed by atoms with E-state index in [4.69, 9.17) is 27.3 Å². The van der Waals surface area contributed by atoms with Gasteiger partial charge in [-0.2, -0.15) is 0 Å². The van der Waals surface area contributed by atoms with E-state index in [1.807, 2.05) is 39.8 Å². The van der Waals surface area contributed by atoms with E-state index in [0.717, 1.165) is 34.7 Å². The van der Waals surface area contributed by atoms with E-state index >= 15 is 0 Å². The minimum Gasteiger partial charge on any atom is -0.493 e. The number of nitrogens with two attached hydrogens (primary N) is 1. The van der Waals surface area contributed by atoms with Crippen molar-refractivity contribution in [1.82, 2.24) is 0 Å². The molecular weight excluding hydrogens is 276 g/mol. The second-order valence-electron chi connectivity index (χ2n) is 5.69. The number of hydrogen-bond acceptors (Lipinski definition) is 3. The number of oxime groups is 1. The maximum absolute atomic E-state index is 8.72. The number of amidine groups is 1. The van der Waals surface area contributed by atoms with Crippen LogP contribution in [0.1, 0.15) is 37.8 Å². The largest absolute Gasteiger partial charge is 0.493 e. The van der Waals surface area contributed by atoms with Crippen molar-refractivity contribution >= 4 is 17.4 Å². The average molecular weight is 299 g/mol. The van der Waals surface area contributed by atoms with Crippen molar-refractivity contribution in [3.8, 4) is 5.75 Å². The van der Waals surface area contributed by atoms with Crippen LogP contribution in [-0.4, -0.2) is 17.6 Å². The molecule has 0 aliphatic rings. The normalized spacial score (nSPS) is 12.6. The van der Waals surface area contributed by atoms with Crippen molar-refractivity contribution in [2.45, 2.75) is 40.5 Å². The van der Waals surface area contributed by atoms with E-state index in [1.165, 1.54) is 0 Å².